The Kier molecular flexibility index (Phi) is 4.89. The van der Waals surface area contributed by atoms with Gasteiger partial charge in [-0.25, -0.2) is 0 Å². The molecule has 1 unspecified atom stereocenters. The van der Waals surface area contributed by atoms with Gasteiger partial charge in [-0.05, 0) is 30.3 Å². The lowest BCUT2D eigenvalue weighted by Gasteiger charge is -2.14. The van der Waals surface area contributed by atoms with Crippen molar-refractivity contribution in [2.75, 3.05) is 6.54 Å². The van der Waals surface area contributed by atoms with Gasteiger partial charge in [-0.1, -0.05) is 29.3 Å². The first-order valence-corrected chi connectivity index (χ1v) is 7.07. The average molecular weight is 299 g/mol. The van der Waals surface area contributed by atoms with Crippen molar-refractivity contribution in [3.63, 3.8) is 0 Å². The molecular weight excluding hydrogens is 287 g/mol. The highest BCUT2D eigenvalue weighted by molar-refractivity contribution is 7.99. The molecule has 18 heavy (non-hydrogen) atoms. The van der Waals surface area contributed by atoms with E-state index in [0.29, 0.717) is 16.6 Å². The van der Waals surface area contributed by atoms with Crippen molar-refractivity contribution in [2.24, 2.45) is 5.73 Å². The molecule has 0 fully saturated rings. The van der Waals surface area contributed by atoms with E-state index in [0.717, 1.165) is 10.6 Å². The fourth-order valence-corrected chi connectivity index (χ4v) is 3.04. The Labute approximate surface area is 121 Å². The summed E-state index contributed by atoms with van der Waals surface area (Å²) in [6.45, 7) is 0.491. The molecule has 0 bridgehead atoms. The molecule has 0 aliphatic rings. The summed E-state index contributed by atoms with van der Waals surface area (Å²) in [5.74, 6) is 0. The number of hydrogen-bond donors (Lipinski definition) is 1. The second kappa shape index (κ2) is 6.43. The van der Waals surface area contributed by atoms with Gasteiger partial charge in [0.25, 0.3) is 0 Å². The predicted octanol–water partition coefficient (Wildman–Crippen LogP) is 4.18. The summed E-state index contributed by atoms with van der Waals surface area (Å²) >= 11 is 13.7. The summed E-state index contributed by atoms with van der Waals surface area (Å²) in [4.78, 5) is 5.24. The van der Waals surface area contributed by atoms with Crippen LogP contribution >= 0.6 is 35.0 Å². The van der Waals surface area contributed by atoms with E-state index in [-0.39, 0.29) is 5.25 Å². The first-order valence-electron chi connectivity index (χ1n) is 5.43. The molecular formula is C13H12Cl2N2S. The molecule has 94 valence electrons. The van der Waals surface area contributed by atoms with Gasteiger partial charge in [-0.2, -0.15) is 0 Å². The molecule has 1 aromatic carbocycles. The molecule has 2 aromatic rings. The highest BCUT2D eigenvalue weighted by Gasteiger charge is 2.14. The Hall–Kier alpha value is -0.740. The van der Waals surface area contributed by atoms with E-state index in [1.165, 1.54) is 0 Å². The minimum absolute atomic E-state index is 0.0715. The molecule has 2 nitrogen and oxygen atoms in total. The predicted molar refractivity (Wildman–Crippen MR) is 78.4 cm³/mol. The second-order valence-electron chi connectivity index (χ2n) is 3.67. The van der Waals surface area contributed by atoms with Crippen LogP contribution < -0.4 is 5.73 Å². The molecule has 1 heterocycles. The summed E-state index contributed by atoms with van der Waals surface area (Å²) in [7, 11) is 0. The first kappa shape index (κ1) is 13.7. The zero-order chi connectivity index (χ0) is 13.0. The van der Waals surface area contributed by atoms with E-state index in [4.69, 9.17) is 28.9 Å². The SMILES string of the molecule is NCC(Sc1cc(Cl)ccc1Cl)c1ccccn1. The van der Waals surface area contributed by atoms with Gasteiger partial charge in [0.15, 0.2) is 0 Å². The molecule has 0 radical (unpaired) electrons. The van der Waals surface area contributed by atoms with Gasteiger partial charge < -0.3 is 5.73 Å². The molecule has 0 spiro atoms. The average Bonchev–Trinajstić information content (AvgIpc) is 2.41. The first-order chi connectivity index (χ1) is 8.70. The number of halogens is 2. The molecule has 2 N–H and O–H groups in total. The summed E-state index contributed by atoms with van der Waals surface area (Å²) in [5.41, 5.74) is 6.75. The van der Waals surface area contributed by atoms with E-state index >= 15 is 0 Å². The molecule has 0 aliphatic carbocycles. The van der Waals surface area contributed by atoms with Crippen LogP contribution in [-0.4, -0.2) is 11.5 Å². The number of pyridine rings is 1. The minimum atomic E-state index is 0.0715. The zero-order valence-electron chi connectivity index (χ0n) is 9.51. The number of thioether (sulfide) groups is 1. The highest BCUT2D eigenvalue weighted by atomic mass is 35.5. The molecule has 1 aromatic heterocycles. The van der Waals surface area contributed by atoms with E-state index in [1.54, 1.807) is 30.1 Å². The fourth-order valence-electron chi connectivity index (χ4n) is 1.52. The van der Waals surface area contributed by atoms with Gasteiger partial charge in [0, 0.05) is 22.7 Å². The minimum Gasteiger partial charge on any atom is -0.329 e. The monoisotopic (exact) mass is 298 g/mol. The normalized spacial score (nSPS) is 12.4. The van der Waals surface area contributed by atoms with Crippen LogP contribution in [0.1, 0.15) is 10.9 Å². The Bertz CT molecular complexity index is 520. The van der Waals surface area contributed by atoms with E-state index in [2.05, 4.69) is 4.98 Å². The maximum absolute atomic E-state index is 6.14. The van der Waals surface area contributed by atoms with Crippen molar-refractivity contribution in [3.8, 4) is 0 Å². The van der Waals surface area contributed by atoms with E-state index in [9.17, 15) is 0 Å². The van der Waals surface area contributed by atoms with Crippen LogP contribution in [-0.2, 0) is 0 Å². The van der Waals surface area contributed by atoms with Crippen LogP contribution in [0.2, 0.25) is 10.0 Å². The van der Waals surface area contributed by atoms with Gasteiger partial charge in [-0.3, -0.25) is 4.98 Å². The molecule has 0 aliphatic heterocycles. The third-order valence-electron chi connectivity index (χ3n) is 2.39. The Morgan fingerprint density at radius 2 is 2.06 bits per heavy atom. The molecule has 0 saturated heterocycles. The maximum Gasteiger partial charge on any atom is 0.0640 e. The quantitative estimate of drug-likeness (QED) is 0.861. The van der Waals surface area contributed by atoms with Gasteiger partial charge in [0.05, 0.1) is 16.0 Å². The Balaban J connectivity index is 2.23. The molecule has 0 saturated carbocycles. The smallest absolute Gasteiger partial charge is 0.0640 e. The largest absolute Gasteiger partial charge is 0.329 e. The summed E-state index contributed by atoms with van der Waals surface area (Å²) in [6.07, 6.45) is 1.76. The number of nitrogens with zero attached hydrogens (tertiary/aromatic N) is 1. The lowest BCUT2D eigenvalue weighted by molar-refractivity contribution is 0.898. The van der Waals surface area contributed by atoms with Crippen LogP contribution in [0.25, 0.3) is 0 Å². The van der Waals surface area contributed by atoms with Crippen molar-refractivity contribution in [3.05, 3.63) is 58.3 Å². The third-order valence-corrected chi connectivity index (χ3v) is 4.38. The standard InChI is InChI=1S/C13H12Cl2N2S/c14-9-4-5-10(15)12(7-9)18-13(8-16)11-3-1-2-6-17-11/h1-7,13H,8,16H2. The maximum atomic E-state index is 6.14. The Morgan fingerprint density at radius 3 is 2.72 bits per heavy atom. The molecule has 1 atom stereocenters. The van der Waals surface area contributed by atoms with E-state index < -0.39 is 0 Å². The van der Waals surface area contributed by atoms with Crippen molar-refractivity contribution >= 4 is 35.0 Å². The van der Waals surface area contributed by atoms with Gasteiger partial charge in [0.2, 0.25) is 0 Å². The fraction of sp³-hybridized carbons (Fsp3) is 0.154. The molecule has 0 amide bonds. The number of rotatable bonds is 4. The lowest BCUT2D eigenvalue weighted by atomic mass is 10.3. The number of benzene rings is 1. The topological polar surface area (TPSA) is 38.9 Å². The van der Waals surface area contributed by atoms with Crippen LogP contribution in [0.15, 0.2) is 47.5 Å². The van der Waals surface area contributed by atoms with Gasteiger partial charge in [-0.15, -0.1) is 11.8 Å². The molecule has 5 heteroatoms. The van der Waals surface area contributed by atoms with Crippen LogP contribution in [0.3, 0.4) is 0 Å². The van der Waals surface area contributed by atoms with Crippen molar-refractivity contribution in [2.45, 2.75) is 10.1 Å². The number of nitrogens with two attached hydrogens (primary N) is 1. The highest BCUT2D eigenvalue weighted by Crippen LogP contribution is 2.38. The van der Waals surface area contributed by atoms with E-state index in [1.807, 2.05) is 24.3 Å². The number of aromatic nitrogens is 1. The second-order valence-corrected chi connectivity index (χ2v) is 5.76. The third kappa shape index (κ3) is 3.39. The van der Waals surface area contributed by atoms with Crippen LogP contribution in [0.5, 0.6) is 0 Å². The summed E-state index contributed by atoms with van der Waals surface area (Å²) < 4.78 is 0. The Morgan fingerprint density at radius 1 is 1.22 bits per heavy atom. The lowest BCUT2D eigenvalue weighted by Crippen LogP contribution is -2.10. The summed E-state index contributed by atoms with van der Waals surface area (Å²) in [5, 5.41) is 1.42. The number of hydrogen-bond acceptors (Lipinski definition) is 3. The van der Waals surface area contributed by atoms with Crippen molar-refractivity contribution < 1.29 is 0 Å². The zero-order valence-corrected chi connectivity index (χ0v) is 11.8. The van der Waals surface area contributed by atoms with Crippen molar-refractivity contribution in [1.82, 2.24) is 4.98 Å². The van der Waals surface area contributed by atoms with Gasteiger partial charge >= 0.3 is 0 Å². The van der Waals surface area contributed by atoms with Crippen LogP contribution in [0.4, 0.5) is 0 Å². The van der Waals surface area contributed by atoms with Gasteiger partial charge in [0.1, 0.15) is 0 Å². The summed E-state index contributed by atoms with van der Waals surface area (Å²) in [6, 6.07) is 11.2. The van der Waals surface area contributed by atoms with Crippen molar-refractivity contribution in [1.29, 1.82) is 0 Å². The van der Waals surface area contributed by atoms with Crippen LogP contribution in [0, 0.1) is 0 Å². The molecule has 2 rings (SSSR count).